The maximum atomic E-state index is 12.5. The van der Waals surface area contributed by atoms with Gasteiger partial charge < -0.3 is 15.0 Å². The first-order chi connectivity index (χ1) is 12.6. The molecule has 0 aliphatic carbocycles. The number of carbonyl (C=O) groups is 2. The predicted molar refractivity (Wildman–Crippen MR) is 101 cm³/mol. The van der Waals surface area contributed by atoms with Gasteiger partial charge in [-0.1, -0.05) is 18.2 Å². The number of hydrogen-bond acceptors (Lipinski definition) is 4. The maximum absolute atomic E-state index is 12.5. The molecule has 2 amide bonds. The number of pyridine rings is 1. The van der Waals surface area contributed by atoms with E-state index >= 15 is 0 Å². The fourth-order valence-corrected chi connectivity index (χ4v) is 2.69. The summed E-state index contributed by atoms with van der Waals surface area (Å²) < 4.78 is 5.12. The summed E-state index contributed by atoms with van der Waals surface area (Å²) in [5, 5.41) is 3.78. The van der Waals surface area contributed by atoms with Crippen molar-refractivity contribution in [3.63, 3.8) is 0 Å². The van der Waals surface area contributed by atoms with Gasteiger partial charge in [0.25, 0.3) is 0 Å². The number of rotatable bonds is 5. The van der Waals surface area contributed by atoms with Gasteiger partial charge in [-0.15, -0.1) is 0 Å². The van der Waals surface area contributed by atoms with Gasteiger partial charge in [0.2, 0.25) is 11.8 Å². The Kier molecular flexibility index (Phi) is 5.12. The second-order valence-electron chi connectivity index (χ2n) is 5.73. The van der Waals surface area contributed by atoms with Crippen LogP contribution in [-0.4, -0.2) is 30.5 Å². The summed E-state index contributed by atoms with van der Waals surface area (Å²) in [4.78, 5) is 30.2. The van der Waals surface area contributed by atoms with Gasteiger partial charge in [0.1, 0.15) is 12.3 Å². The summed E-state index contributed by atoms with van der Waals surface area (Å²) in [6.45, 7) is 1.34. The molecule has 0 fully saturated rings. The fraction of sp³-hybridized carbons (Fsp3) is 0.150. The average molecular weight is 349 g/mol. The fourth-order valence-electron chi connectivity index (χ4n) is 2.69. The minimum atomic E-state index is -0.297. The molecule has 1 N–H and O–H groups in total. The number of carbonyl (C=O) groups excluding carboxylic acids is 2. The lowest BCUT2D eigenvalue weighted by molar-refractivity contribution is -0.120. The van der Waals surface area contributed by atoms with Crippen LogP contribution < -0.4 is 15.0 Å². The number of nitrogens with zero attached hydrogens (tertiary/aromatic N) is 2. The highest BCUT2D eigenvalue weighted by Gasteiger charge is 2.16. The molecule has 0 bridgehead atoms. The SMILES string of the molecule is COc1ccc(N(CC(=O)Nc2cccc3cccnc23)C(C)=O)cc1. The highest BCUT2D eigenvalue weighted by Crippen LogP contribution is 2.22. The second kappa shape index (κ2) is 7.65. The normalized spacial score (nSPS) is 10.4. The lowest BCUT2D eigenvalue weighted by atomic mass is 10.2. The van der Waals surface area contributed by atoms with Crippen molar-refractivity contribution >= 4 is 34.1 Å². The van der Waals surface area contributed by atoms with Crippen molar-refractivity contribution in [2.75, 3.05) is 23.9 Å². The molecule has 0 spiro atoms. The molecule has 2 aromatic carbocycles. The first kappa shape index (κ1) is 17.4. The number of benzene rings is 2. The van der Waals surface area contributed by atoms with Gasteiger partial charge in [0.15, 0.2) is 0 Å². The molecule has 26 heavy (non-hydrogen) atoms. The van der Waals surface area contributed by atoms with Crippen molar-refractivity contribution in [3.8, 4) is 5.75 Å². The molecule has 1 heterocycles. The number of anilines is 2. The third kappa shape index (κ3) is 3.80. The Morgan fingerprint density at radius 1 is 1.08 bits per heavy atom. The Balaban J connectivity index is 1.78. The monoisotopic (exact) mass is 349 g/mol. The average Bonchev–Trinajstić information content (AvgIpc) is 2.66. The molecule has 0 saturated carbocycles. The van der Waals surface area contributed by atoms with E-state index < -0.39 is 0 Å². The molecule has 132 valence electrons. The van der Waals surface area contributed by atoms with Crippen LogP contribution in [0.2, 0.25) is 0 Å². The molecule has 0 saturated heterocycles. The quantitative estimate of drug-likeness (QED) is 0.768. The smallest absolute Gasteiger partial charge is 0.244 e. The maximum Gasteiger partial charge on any atom is 0.244 e. The van der Waals surface area contributed by atoms with Gasteiger partial charge in [-0.3, -0.25) is 14.6 Å². The zero-order chi connectivity index (χ0) is 18.5. The van der Waals surface area contributed by atoms with Crippen LogP contribution in [0.5, 0.6) is 5.75 Å². The second-order valence-corrected chi connectivity index (χ2v) is 5.73. The van der Waals surface area contributed by atoms with Gasteiger partial charge in [0.05, 0.1) is 18.3 Å². The standard InChI is InChI=1S/C20H19N3O3/c1-14(24)23(16-8-10-17(26-2)11-9-16)13-19(25)22-18-7-3-5-15-6-4-12-21-20(15)18/h3-12H,13H2,1-2H3,(H,22,25). The highest BCUT2D eigenvalue weighted by molar-refractivity contribution is 6.05. The van der Waals surface area contributed by atoms with E-state index in [2.05, 4.69) is 10.3 Å². The number of para-hydroxylation sites is 1. The Morgan fingerprint density at radius 3 is 2.50 bits per heavy atom. The Bertz CT molecular complexity index is 933. The van der Waals surface area contributed by atoms with Crippen LogP contribution in [0.3, 0.4) is 0 Å². The first-order valence-electron chi connectivity index (χ1n) is 8.14. The van der Waals surface area contributed by atoms with E-state index in [-0.39, 0.29) is 18.4 Å². The topological polar surface area (TPSA) is 71.5 Å². The van der Waals surface area contributed by atoms with E-state index in [1.165, 1.54) is 11.8 Å². The number of fused-ring (bicyclic) bond motifs is 1. The van der Waals surface area contributed by atoms with Gasteiger partial charge >= 0.3 is 0 Å². The summed E-state index contributed by atoms with van der Waals surface area (Å²) >= 11 is 0. The third-order valence-corrected chi connectivity index (χ3v) is 3.97. The van der Waals surface area contributed by atoms with E-state index in [0.717, 1.165) is 5.39 Å². The minimum absolute atomic E-state index is 0.0924. The first-order valence-corrected chi connectivity index (χ1v) is 8.14. The van der Waals surface area contributed by atoms with Crippen LogP contribution in [0.1, 0.15) is 6.92 Å². The Morgan fingerprint density at radius 2 is 1.81 bits per heavy atom. The molecule has 3 aromatic rings. The molecule has 0 aliphatic rings. The number of methoxy groups -OCH3 is 1. The van der Waals surface area contributed by atoms with Crippen molar-refractivity contribution in [1.82, 2.24) is 4.98 Å². The molecule has 3 rings (SSSR count). The van der Waals surface area contributed by atoms with Gasteiger partial charge in [0, 0.05) is 24.2 Å². The number of amides is 2. The molecule has 6 nitrogen and oxygen atoms in total. The van der Waals surface area contributed by atoms with E-state index in [1.54, 1.807) is 43.6 Å². The van der Waals surface area contributed by atoms with E-state index in [9.17, 15) is 9.59 Å². The lowest BCUT2D eigenvalue weighted by Crippen LogP contribution is -2.36. The Labute approximate surface area is 151 Å². The summed E-state index contributed by atoms with van der Waals surface area (Å²) in [6, 6.07) is 16.3. The highest BCUT2D eigenvalue weighted by atomic mass is 16.5. The summed E-state index contributed by atoms with van der Waals surface area (Å²) in [5.74, 6) is 0.166. The number of ether oxygens (including phenoxy) is 1. The van der Waals surface area contributed by atoms with E-state index in [1.807, 2.05) is 24.3 Å². The van der Waals surface area contributed by atoms with Crippen molar-refractivity contribution < 1.29 is 14.3 Å². The molecular formula is C20H19N3O3. The molecular weight excluding hydrogens is 330 g/mol. The van der Waals surface area contributed by atoms with Crippen LogP contribution in [0, 0.1) is 0 Å². The van der Waals surface area contributed by atoms with Crippen LogP contribution in [0.25, 0.3) is 10.9 Å². The van der Waals surface area contributed by atoms with Gasteiger partial charge in [-0.05, 0) is 36.4 Å². The molecule has 0 radical (unpaired) electrons. The summed E-state index contributed by atoms with van der Waals surface area (Å²) in [6.07, 6.45) is 1.68. The minimum Gasteiger partial charge on any atom is -0.497 e. The summed E-state index contributed by atoms with van der Waals surface area (Å²) in [5.41, 5.74) is 1.96. The zero-order valence-electron chi connectivity index (χ0n) is 14.6. The lowest BCUT2D eigenvalue weighted by Gasteiger charge is -2.21. The predicted octanol–water partition coefficient (Wildman–Crippen LogP) is 3.24. The van der Waals surface area contributed by atoms with Gasteiger partial charge in [-0.2, -0.15) is 0 Å². The van der Waals surface area contributed by atoms with Crippen molar-refractivity contribution in [2.45, 2.75) is 6.92 Å². The summed E-state index contributed by atoms with van der Waals surface area (Å²) in [7, 11) is 1.57. The van der Waals surface area contributed by atoms with Crippen molar-refractivity contribution in [3.05, 3.63) is 60.8 Å². The Hall–Kier alpha value is -3.41. The van der Waals surface area contributed by atoms with Crippen LogP contribution >= 0.6 is 0 Å². The molecule has 0 aliphatic heterocycles. The van der Waals surface area contributed by atoms with Crippen molar-refractivity contribution in [1.29, 1.82) is 0 Å². The third-order valence-electron chi connectivity index (χ3n) is 3.97. The largest absolute Gasteiger partial charge is 0.497 e. The van der Waals surface area contributed by atoms with E-state index in [4.69, 9.17) is 4.74 Å². The van der Waals surface area contributed by atoms with E-state index in [0.29, 0.717) is 22.6 Å². The number of nitrogens with one attached hydrogen (secondary N) is 1. The molecule has 0 atom stereocenters. The molecule has 0 unspecified atom stereocenters. The zero-order valence-corrected chi connectivity index (χ0v) is 14.6. The molecule has 6 heteroatoms. The van der Waals surface area contributed by atoms with Crippen LogP contribution in [0.4, 0.5) is 11.4 Å². The number of aromatic nitrogens is 1. The van der Waals surface area contributed by atoms with Crippen LogP contribution in [0.15, 0.2) is 60.8 Å². The van der Waals surface area contributed by atoms with Crippen LogP contribution in [-0.2, 0) is 9.59 Å². The van der Waals surface area contributed by atoms with Crippen molar-refractivity contribution in [2.24, 2.45) is 0 Å². The molecule has 1 aromatic heterocycles. The number of hydrogen-bond donors (Lipinski definition) is 1. The van der Waals surface area contributed by atoms with Gasteiger partial charge in [-0.25, -0.2) is 0 Å².